The zero-order chi connectivity index (χ0) is 21.7. The topological polar surface area (TPSA) is 103 Å². The van der Waals surface area contributed by atoms with Gasteiger partial charge in [0.15, 0.2) is 11.5 Å². The molecule has 0 fully saturated rings. The maximum absolute atomic E-state index is 12.7. The molecule has 1 aliphatic rings. The van der Waals surface area contributed by atoms with Crippen LogP contribution >= 0.6 is 0 Å². The molecule has 1 atom stereocenters. The van der Waals surface area contributed by atoms with Crippen molar-refractivity contribution >= 4 is 17.3 Å². The quantitative estimate of drug-likeness (QED) is 0.521. The maximum atomic E-state index is 12.7. The summed E-state index contributed by atoms with van der Waals surface area (Å²) in [6.45, 7) is 0.476. The Morgan fingerprint density at radius 3 is 2.63 bits per heavy atom. The molecule has 1 aliphatic heterocycles. The summed E-state index contributed by atoms with van der Waals surface area (Å²) in [5, 5.41) is 16.4. The number of hydrogen-bond donors (Lipinski definition) is 2. The van der Waals surface area contributed by atoms with Gasteiger partial charge in [0.25, 0.3) is 5.69 Å². The van der Waals surface area contributed by atoms with Gasteiger partial charge in [-0.25, -0.2) is 0 Å². The zero-order valence-electron chi connectivity index (χ0n) is 15.6. The number of nitro groups is 1. The van der Waals surface area contributed by atoms with Crippen molar-refractivity contribution in [1.82, 2.24) is 5.32 Å². The first kappa shape index (κ1) is 21.2. The first-order valence-electron chi connectivity index (χ1n) is 8.98. The number of alkyl halides is 3. The van der Waals surface area contributed by atoms with Crippen LogP contribution in [0.4, 0.5) is 24.5 Å². The number of amides is 1. The highest BCUT2D eigenvalue weighted by molar-refractivity contribution is 5.76. The molecule has 0 aliphatic carbocycles. The average molecular weight is 425 g/mol. The second kappa shape index (κ2) is 8.89. The number of benzene rings is 2. The van der Waals surface area contributed by atoms with Crippen LogP contribution in [0.3, 0.4) is 0 Å². The molecule has 0 aromatic heterocycles. The van der Waals surface area contributed by atoms with Gasteiger partial charge < -0.3 is 20.1 Å². The van der Waals surface area contributed by atoms with E-state index >= 15 is 0 Å². The summed E-state index contributed by atoms with van der Waals surface area (Å²) in [6, 6.07) is 9.33. The highest BCUT2D eigenvalue weighted by atomic mass is 19.4. The van der Waals surface area contributed by atoms with E-state index in [1.807, 2.05) is 6.07 Å². The van der Waals surface area contributed by atoms with Crippen molar-refractivity contribution in [2.75, 3.05) is 25.0 Å². The smallest absolute Gasteiger partial charge is 0.416 e. The predicted molar refractivity (Wildman–Crippen MR) is 101 cm³/mol. The summed E-state index contributed by atoms with van der Waals surface area (Å²) < 4.78 is 49.4. The average Bonchev–Trinajstić information content (AvgIpc) is 2.71. The third-order valence-electron chi connectivity index (χ3n) is 4.28. The van der Waals surface area contributed by atoms with Crippen LogP contribution < -0.4 is 20.1 Å². The van der Waals surface area contributed by atoms with Gasteiger partial charge in [-0.2, -0.15) is 13.2 Å². The Morgan fingerprint density at radius 2 is 1.93 bits per heavy atom. The van der Waals surface area contributed by atoms with Crippen molar-refractivity contribution in [3.63, 3.8) is 0 Å². The number of nitrogens with zero attached hydrogens (tertiary/aromatic N) is 1. The molecule has 3 rings (SSSR count). The SMILES string of the molecule is O=C(CCNc1ccc(C(F)(F)F)cc1[N+](=O)[O-])NC[C@@H]1COc2ccccc2O1. The number of carbonyl (C=O) groups excluding carboxylic acids is 1. The number of halogens is 3. The molecule has 0 radical (unpaired) electrons. The number of rotatable bonds is 7. The highest BCUT2D eigenvalue weighted by Gasteiger charge is 2.33. The third kappa shape index (κ3) is 5.31. The number of fused-ring (bicyclic) bond motifs is 1. The van der Waals surface area contributed by atoms with Gasteiger partial charge in [0.1, 0.15) is 18.4 Å². The van der Waals surface area contributed by atoms with Crippen molar-refractivity contribution < 1.29 is 32.4 Å². The standard InChI is InChI=1S/C19H18F3N3O5/c20-19(21,22)12-5-6-14(15(9-12)25(27)28)23-8-7-18(26)24-10-13-11-29-16-3-1-2-4-17(16)30-13/h1-6,9,13,23H,7-8,10-11H2,(H,24,26)/t13-/m1/s1. The van der Waals surface area contributed by atoms with Crippen molar-refractivity contribution in [3.8, 4) is 11.5 Å². The molecule has 1 amide bonds. The van der Waals surface area contributed by atoms with Crippen LogP contribution in [0, 0.1) is 10.1 Å². The van der Waals surface area contributed by atoms with Crippen LogP contribution in [0.1, 0.15) is 12.0 Å². The first-order chi connectivity index (χ1) is 14.2. The van der Waals surface area contributed by atoms with E-state index in [0.717, 1.165) is 12.1 Å². The van der Waals surface area contributed by atoms with E-state index in [9.17, 15) is 28.1 Å². The van der Waals surface area contributed by atoms with Crippen LogP contribution in [0.25, 0.3) is 0 Å². The van der Waals surface area contributed by atoms with Gasteiger partial charge in [0, 0.05) is 19.0 Å². The summed E-state index contributed by atoms with van der Waals surface area (Å²) in [4.78, 5) is 22.1. The van der Waals surface area contributed by atoms with Crippen molar-refractivity contribution in [1.29, 1.82) is 0 Å². The molecule has 2 aromatic rings. The molecule has 11 heteroatoms. The number of nitro benzene ring substituents is 1. The fraction of sp³-hybridized carbons (Fsp3) is 0.316. The Labute approximate surface area is 169 Å². The monoisotopic (exact) mass is 425 g/mol. The molecule has 0 bridgehead atoms. The summed E-state index contributed by atoms with van der Waals surface area (Å²) >= 11 is 0. The van der Waals surface area contributed by atoms with Gasteiger partial charge in [0.05, 0.1) is 17.0 Å². The fourth-order valence-electron chi connectivity index (χ4n) is 2.80. The van der Waals surface area contributed by atoms with Crippen molar-refractivity contribution in [2.24, 2.45) is 0 Å². The fourth-order valence-corrected chi connectivity index (χ4v) is 2.80. The van der Waals surface area contributed by atoms with Crippen LogP contribution in [-0.4, -0.2) is 36.6 Å². The minimum Gasteiger partial charge on any atom is -0.486 e. The minimum atomic E-state index is -4.69. The van der Waals surface area contributed by atoms with E-state index in [-0.39, 0.29) is 43.8 Å². The van der Waals surface area contributed by atoms with Crippen LogP contribution in [0.15, 0.2) is 42.5 Å². The number of carbonyl (C=O) groups is 1. The molecule has 30 heavy (non-hydrogen) atoms. The molecule has 0 saturated heterocycles. The summed E-state index contributed by atoms with van der Waals surface area (Å²) in [6.07, 6.45) is -5.09. The van der Waals surface area contributed by atoms with Gasteiger partial charge in [0.2, 0.25) is 5.91 Å². The zero-order valence-corrected chi connectivity index (χ0v) is 15.6. The second-order valence-corrected chi connectivity index (χ2v) is 6.47. The predicted octanol–water partition coefficient (Wildman–Crippen LogP) is 3.37. The molecule has 0 unspecified atom stereocenters. The lowest BCUT2D eigenvalue weighted by Gasteiger charge is -2.26. The lowest BCUT2D eigenvalue weighted by molar-refractivity contribution is -0.384. The number of para-hydroxylation sites is 2. The van der Waals surface area contributed by atoms with Gasteiger partial charge in [-0.3, -0.25) is 14.9 Å². The lowest BCUT2D eigenvalue weighted by atomic mass is 10.1. The number of anilines is 1. The van der Waals surface area contributed by atoms with Gasteiger partial charge >= 0.3 is 6.18 Å². The number of ether oxygens (including phenoxy) is 2. The van der Waals surface area contributed by atoms with E-state index in [4.69, 9.17) is 9.47 Å². The summed E-state index contributed by atoms with van der Waals surface area (Å²) in [5.74, 6) is 0.862. The minimum absolute atomic E-state index is 0.00287. The van der Waals surface area contributed by atoms with Crippen molar-refractivity contribution in [3.05, 3.63) is 58.1 Å². The van der Waals surface area contributed by atoms with E-state index < -0.39 is 22.4 Å². The van der Waals surface area contributed by atoms with Gasteiger partial charge in [-0.05, 0) is 24.3 Å². The lowest BCUT2D eigenvalue weighted by Crippen LogP contribution is -2.41. The maximum Gasteiger partial charge on any atom is 0.416 e. The largest absolute Gasteiger partial charge is 0.486 e. The van der Waals surface area contributed by atoms with Gasteiger partial charge in [-0.1, -0.05) is 12.1 Å². The molecule has 160 valence electrons. The van der Waals surface area contributed by atoms with E-state index in [1.54, 1.807) is 18.2 Å². The van der Waals surface area contributed by atoms with Gasteiger partial charge in [-0.15, -0.1) is 0 Å². The Bertz CT molecular complexity index is 936. The molecular weight excluding hydrogens is 407 g/mol. The van der Waals surface area contributed by atoms with E-state index in [2.05, 4.69) is 10.6 Å². The molecule has 0 saturated carbocycles. The summed E-state index contributed by atoms with van der Waals surface area (Å²) in [5.41, 5.74) is -1.92. The Morgan fingerprint density at radius 1 is 1.20 bits per heavy atom. The molecule has 2 aromatic carbocycles. The molecule has 8 nitrogen and oxygen atoms in total. The van der Waals surface area contributed by atoms with E-state index in [0.29, 0.717) is 17.6 Å². The molecule has 1 heterocycles. The Balaban J connectivity index is 1.47. The Hall–Kier alpha value is -3.50. The third-order valence-corrected chi connectivity index (χ3v) is 4.28. The van der Waals surface area contributed by atoms with Crippen LogP contribution in [0.5, 0.6) is 11.5 Å². The number of hydrogen-bond acceptors (Lipinski definition) is 6. The van der Waals surface area contributed by atoms with Crippen molar-refractivity contribution in [2.45, 2.75) is 18.7 Å². The normalized spacial score (nSPS) is 15.4. The molecule has 2 N–H and O–H groups in total. The van der Waals surface area contributed by atoms with E-state index in [1.165, 1.54) is 0 Å². The first-order valence-corrected chi connectivity index (χ1v) is 8.98. The summed E-state index contributed by atoms with van der Waals surface area (Å²) in [7, 11) is 0. The second-order valence-electron chi connectivity index (χ2n) is 6.47. The molecule has 0 spiro atoms. The molecular formula is C19H18F3N3O5. The highest BCUT2D eigenvalue weighted by Crippen LogP contribution is 2.35. The number of nitrogens with one attached hydrogen (secondary N) is 2. The van der Waals surface area contributed by atoms with Crippen LogP contribution in [0.2, 0.25) is 0 Å². The Kier molecular flexibility index (Phi) is 6.28. The van der Waals surface area contributed by atoms with Crippen LogP contribution in [-0.2, 0) is 11.0 Å².